The quantitative estimate of drug-likeness (QED) is 0.404. The lowest BCUT2D eigenvalue weighted by atomic mass is 10.1. The molecule has 0 aliphatic rings. The van der Waals surface area contributed by atoms with Gasteiger partial charge in [-0.2, -0.15) is 0 Å². The Hall–Kier alpha value is -3.90. The second-order valence-electron chi connectivity index (χ2n) is 7.85. The molecule has 0 aromatic heterocycles. The Morgan fingerprint density at radius 3 is 1.69 bits per heavy atom. The minimum atomic E-state index is -4.20. The normalized spacial score (nSPS) is 12.3. The Kier molecular flexibility index (Phi) is 8.33. The molecule has 3 rings (SSSR count). The van der Waals surface area contributed by atoms with Gasteiger partial charge in [-0.1, -0.05) is 65.7 Å². The van der Waals surface area contributed by atoms with Crippen LogP contribution in [0.15, 0.2) is 88.7 Å². The van der Waals surface area contributed by atoms with Crippen LogP contribution in [0.2, 0.25) is 0 Å². The number of ether oxygens (including phenoxy) is 1. The Morgan fingerprint density at radius 2 is 1.19 bits per heavy atom. The first-order chi connectivity index (χ1) is 17.0. The number of benzene rings is 3. The van der Waals surface area contributed by atoms with E-state index in [1.165, 1.54) is 24.3 Å². The van der Waals surface area contributed by atoms with E-state index in [2.05, 4.69) is 5.32 Å². The predicted molar refractivity (Wildman–Crippen MR) is 132 cm³/mol. The molecule has 0 spiro atoms. The summed E-state index contributed by atoms with van der Waals surface area (Å²) in [5.74, 6) is 0. The van der Waals surface area contributed by atoms with Gasteiger partial charge in [0, 0.05) is 0 Å². The molecule has 10 nitrogen and oxygen atoms in total. The number of amides is 3. The van der Waals surface area contributed by atoms with Crippen molar-refractivity contribution in [1.82, 2.24) is 14.8 Å². The van der Waals surface area contributed by atoms with Gasteiger partial charge in [0.05, 0.1) is 16.3 Å². The van der Waals surface area contributed by atoms with Crippen LogP contribution < -0.4 is 14.8 Å². The second kappa shape index (κ2) is 11.2. The van der Waals surface area contributed by atoms with E-state index in [0.717, 1.165) is 11.1 Å². The summed E-state index contributed by atoms with van der Waals surface area (Å²) in [7, 11) is -8.33. The summed E-state index contributed by atoms with van der Waals surface area (Å²) in [5, 5.41) is 2.34. The Morgan fingerprint density at radius 1 is 0.722 bits per heavy atom. The molecule has 190 valence electrons. The summed E-state index contributed by atoms with van der Waals surface area (Å²) in [6.45, 7) is 3.25. The number of carbonyl (C=O) groups is 2. The number of aryl methyl sites for hydroxylation is 2. The van der Waals surface area contributed by atoms with Gasteiger partial charge in [0.2, 0.25) is 0 Å². The molecule has 0 heterocycles. The number of hydrogen-bond donors (Lipinski definition) is 3. The molecule has 1 atom stereocenters. The van der Waals surface area contributed by atoms with Crippen LogP contribution in [0.5, 0.6) is 0 Å². The number of urea groups is 1. The van der Waals surface area contributed by atoms with E-state index in [9.17, 15) is 26.4 Å². The van der Waals surface area contributed by atoms with E-state index in [1.54, 1.807) is 68.4 Å². The summed E-state index contributed by atoms with van der Waals surface area (Å²) in [6, 6.07) is 19.0. The highest BCUT2D eigenvalue weighted by Crippen LogP contribution is 2.18. The molecule has 0 bridgehead atoms. The molecule has 0 radical (unpaired) electrons. The third-order valence-corrected chi connectivity index (χ3v) is 7.65. The van der Waals surface area contributed by atoms with Gasteiger partial charge in [-0.05, 0) is 43.7 Å². The minimum Gasteiger partial charge on any atom is -0.439 e. The van der Waals surface area contributed by atoms with Crippen molar-refractivity contribution in [3.05, 3.63) is 95.6 Å². The molecule has 3 aromatic rings. The molecule has 0 unspecified atom stereocenters. The van der Waals surface area contributed by atoms with Crippen molar-refractivity contribution < 1.29 is 31.2 Å². The maximum absolute atomic E-state index is 12.5. The van der Waals surface area contributed by atoms with Gasteiger partial charge in [0.1, 0.15) is 6.10 Å². The van der Waals surface area contributed by atoms with Crippen molar-refractivity contribution in [2.45, 2.75) is 29.7 Å². The van der Waals surface area contributed by atoms with Crippen LogP contribution in [0.3, 0.4) is 0 Å². The summed E-state index contributed by atoms with van der Waals surface area (Å²) >= 11 is 0. The van der Waals surface area contributed by atoms with Crippen molar-refractivity contribution in [3.63, 3.8) is 0 Å². The maximum atomic E-state index is 12.5. The van der Waals surface area contributed by atoms with E-state index in [0.29, 0.717) is 5.56 Å². The highest BCUT2D eigenvalue weighted by Gasteiger charge is 2.24. The van der Waals surface area contributed by atoms with Gasteiger partial charge < -0.3 is 10.1 Å². The van der Waals surface area contributed by atoms with Gasteiger partial charge in [0.25, 0.3) is 20.0 Å². The van der Waals surface area contributed by atoms with E-state index >= 15 is 0 Å². The Balaban J connectivity index is 1.67. The maximum Gasteiger partial charge on any atom is 0.421 e. The molecule has 3 aromatic carbocycles. The molecule has 0 saturated heterocycles. The molecular weight excluding hydrogens is 506 g/mol. The Bertz CT molecular complexity index is 1420. The molecule has 12 heteroatoms. The lowest BCUT2D eigenvalue weighted by molar-refractivity contribution is 0.103. The van der Waals surface area contributed by atoms with Crippen molar-refractivity contribution in [2.75, 3.05) is 6.54 Å². The number of sulfonamides is 2. The van der Waals surface area contributed by atoms with Crippen LogP contribution in [-0.4, -0.2) is 35.5 Å². The van der Waals surface area contributed by atoms with Gasteiger partial charge in [-0.25, -0.2) is 35.9 Å². The standard InChI is InChI=1S/C24H25N3O7S2/c1-17-8-12-20(13-9-17)35(30,31)26-23(28)25-16-22(19-6-4-3-5-7-19)34-24(29)27-36(32,33)21-14-10-18(2)11-15-21/h3-15,22H,16H2,1-2H3,(H,27,29)(H2,25,26,28)/t22-/m0/s1. The second-order valence-corrected chi connectivity index (χ2v) is 11.2. The van der Waals surface area contributed by atoms with Crippen molar-refractivity contribution in [1.29, 1.82) is 0 Å². The fourth-order valence-electron chi connectivity index (χ4n) is 3.05. The molecule has 36 heavy (non-hydrogen) atoms. The van der Waals surface area contributed by atoms with Gasteiger partial charge in [-0.3, -0.25) is 0 Å². The lowest BCUT2D eigenvalue weighted by Gasteiger charge is -2.19. The topological polar surface area (TPSA) is 148 Å². The first-order valence-corrected chi connectivity index (χ1v) is 13.7. The number of hydrogen-bond acceptors (Lipinski definition) is 7. The van der Waals surface area contributed by atoms with Crippen molar-refractivity contribution >= 4 is 32.2 Å². The third-order valence-electron chi connectivity index (χ3n) is 4.98. The minimum absolute atomic E-state index is 0.0974. The summed E-state index contributed by atoms with van der Waals surface area (Å²) in [5.41, 5.74) is 2.14. The first kappa shape index (κ1) is 26.7. The van der Waals surface area contributed by atoms with Gasteiger partial charge >= 0.3 is 12.1 Å². The summed E-state index contributed by atoms with van der Waals surface area (Å²) in [6.07, 6.45) is -2.38. The number of rotatable bonds is 8. The van der Waals surface area contributed by atoms with Crippen LogP contribution >= 0.6 is 0 Å². The van der Waals surface area contributed by atoms with Crippen LogP contribution in [0.1, 0.15) is 22.8 Å². The van der Waals surface area contributed by atoms with Crippen LogP contribution in [0.4, 0.5) is 9.59 Å². The third kappa shape index (κ3) is 7.30. The molecule has 0 saturated carbocycles. The average Bonchev–Trinajstić information content (AvgIpc) is 2.82. The molecule has 3 amide bonds. The van der Waals surface area contributed by atoms with E-state index in [4.69, 9.17) is 4.74 Å². The molecule has 0 fully saturated rings. The SMILES string of the molecule is Cc1ccc(S(=O)(=O)NC(=O)NC[C@H](OC(=O)NS(=O)(=O)c2ccc(C)cc2)c2ccccc2)cc1. The van der Waals surface area contributed by atoms with E-state index in [-0.39, 0.29) is 16.3 Å². The van der Waals surface area contributed by atoms with E-state index < -0.39 is 38.3 Å². The van der Waals surface area contributed by atoms with Crippen LogP contribution in [-0.2, 0) is 24.8 Å². The average molecular weight is 532 g/mol. The zero-order chi connectivity index (χ0) is 26.3. The highest BCUT2D eigenvalue weighted by molar-refractivity contribution is 7.90. The zero-order valence-corrected chi connectivity index (χ0v) is 21.1. The van der Waals surface area contributed by atoms with Crippen molar-refractivity contribution in [2.24, 2.45) is 0 Å². The van der Waals surface area contributed by atoms with Gasteiger partial charge in [-0.15, -0.1) is 0 Å². The van der Waals surface area contributed by atoms with Crippen molar-refractivity contribution in [3.8, 4) is 0 Å². The molecule has 0 aliphatic carbocycles. The van der Waals surface area contributed by atoms with Crippen LogP contribution in [0, 0.1) is 13.8 Å². The van der Waals surface area contributed by atoms with Gasteiger partial charge in [0.15, 0.2) is 0 Å². The highest BCUT2D eigenvalue weighted by atomic mass is 32.2. The molecule has 3 N–H and O–H groups in total. The fraction of sp³-hybridized carbons (Fsp3) is 0.167. The summed E-state index contributed by atoms with van der Waals surface area (Å²) in [4.78, 5) is 24.5. The smallest absolute Gasteiger partial charge is 0.421 e. The monoisotopic (exact) mass is 531 g/mol. The molecular formula is C24H25N3O7S2. The fourth-order valence-corrected chi connectivity index (χ4v) is 4.86. The Labute approximate surface area is 209 Å². The summed E-state index contributed by atoms with van der Waals surface area (Å²) < 4.78 is 58.8. The zero-order valence-electron chi connectivity index (χ0n) is 19.5. The van der Waals surface area contributed by atoms with E-state index in [1.807, 2.05) is 9.44 Å². The predicted octanol–water partition coefficient (Wildman–Crippen LogP) is 3.15. The van der Waals surface area contributed by atoms with Crippen LogP contribution in [0.25, 0.3) is 0 Å². The largest absolute Gasteiger partial charge is 0.439 e. The number of carbonyl (C=O) groups excluding carboxylic acids is 2. The lowest BCUT2D eigenvalue weighted by Crippen LogP contribution is -2.42. The molecule has 0 aliphatic heterocycles. The number of nitrogens with one attached hydrogen (secondary N) is 3. The first-order valence-electron chi connectivity index (χ1n) is 10.7.